The van der Waals surface area contributed by atoms with Crippen LogP contribution in [0.1, 0.15) is 28.3 Å². The fraction of sp³-hybridized carbons (Fsp3) is 0.267. The number of hydrogen-bond acceptors (Lipinski definition) is 2. The average molecular weight is 357 g/mol. The number of benzene rings is 1. The number of aryl methyl sites for hydroxylation is 2. The summed E-state index contributed by atoms with van der Waals surface area (Å²) < 4.78 is 2.78. The lowest BCUT2D eigenvalue weighted by Crippen LogP contribution is -2.07. The highest BCUT2D eigenvalue weighted by Crippen LogP contribution is 2.33. The summed E-state index contributed by atoms with van der Waals surface area (Å²) in [5.41, 5.74) is 3.18. The fourth-order valence-electron chi connectivity index (χ4n) is 2.71. The van der Waals surface area contributed by atoms with Gasteiger partial charge in [-0.25, -0.2) is 0 Å². The number of aromatic nitrogens is 2. The molecule has 0 amide bonds. The first-order valence-corrected chi connectivity index (χ1v) is 8.52. The third kappa shape index (κ3) is 2.55. The van der Waals surface area contributed by atoms with Crippen molar-refractivity contribution in [3.63, 3.8) is 0 Å². The van der Waals surface area contributed by atoms with Crippen molar-refractivity contribution >= 4 is 57.8 Å². The summed E-state index contributed by atoms with van der Waals surface area (Å²) in [6, 6.07) is 6.07. The number of hydrogen-bond donors (Lipinski definition) is 1. The van der Waals surface area contributed by atoms with Crippen molar-refractivity contribution in [3.05, 3.63) is 48.3 Å². The van der Waals surface area contributed by atoms with E-state index in [2.05, 4.69) is 36.4 Å². The zero-order valence-corrected chi connectivity index (χ0v) is 15.0. The zero-order valence-electron chi connectivity index (χ0n) is 11.8. The summed E-state index contributed by atoms with van der Waals surface area (Å²) in [6.07, 6.45) is 0. The number of rotatable bonds is 2. The smallest absolute Gasteiger partial charge is 0.178 e. The maximum absolute atomic E-state index is 6.16. The quantitative estimate of drug-likeness (QED) is 0.534. The number of imidazole rings is 1. The Morgan fingerprint density at radius 3 is 2.48 bits per heavy atom. The number of nitrogens with zero attached hydrogens (tertiary/aromatic N) is 1. The van der Waals surface area contributed by atoms with Gasteiger partial charge >= 0.3 is 0 Å². The van der Waals surface area contributed by atoms with Crippen molar-refractivity contribution in [3.8, 4) is 0 Å². The Hall–Kier alpha value is -0.810. The average Bonchev–Trinajstić information content (AvgIpc) is 2.89. The molecular weight excluding hydrogens is 343 g/mol. The summed E-state index contributed by atoms with van der Waals surface area (Å²) in [7, 11) is 0. The number of fused-ring (bicyclic) bond motifs is 1. The van der Waals surface area contributed by atoms with Crippen LogP contribution in [0.2, 0.25) is 10.0 Å². The van der Waals surface area contributed by atoms with Gasteiger partial charge in [-0.3, -0.25) is 0 Å². The van der Waals surface area contributed by atoms with Crippen LogP contribution in [0.4, 0.5) is 0 Å². The van der Waals surface area contributed by atoms with E-state index in [4.69, 9.17) is 35.4 Å². The predicted octanol–water partition coefficient (Wildman–Crippen LogP) is 6.29. The molecule has 0 radical (unpaired) electrons. The molecule has 1 N–H and O–H groups in total. The van der Waals surface area contributed by atoms with Crippen LogP contribution < -0.4 is 0 Å². The Morgan fingerprint density at radius 1 is 1.19 bits per heavy atom. The Bertz CT molecular complexity index is 889. The Kier molecular flexibility index (Phi) is 3.91. The van der Waals surface area contributed by atoms with E-state index in [1.165, 1.54) is 15.3 Å². The van der Waals surface area contributed by atoms with Crippen LogP contribution in [0.15, 0.2) is 18.2 Å². The summed E-state index contributed by atoms with van der Waals surface area (Å²) in [5, 5.41) is 1.07. The molecule has 0 aliphatic rings. The van der Waals surface area contributed by atoms with Gasteiger partial charge in [-0.1, -0.05) is 23.2 Å². The third-order valence-electron chi connectivity index (χ3n) is 3.68. The lowest BCUT2D eigenvalue weighted by atomic mass is 10.1. The molecule has 3 aromatic rings. The maximum atomic E-state index is 6.16. The minimum Gasteiger partial charge on any atom is -0.331 e. The molecule has 0 fully saturated rings. The number of thiophene rings is 1. The fourth-order valence-corrected chi connectivity index (χ4v) is 4.41. The first-order chi connectivity index (χ1) is 9.88. The molecule has 1 aromatic carbocycles. The Morgan fingerprint density at radius 2 is 1.86 bits per heavy atom. The molecule has 0 saturated heterocycles. The lowest BCUT2D eigenvalue weighted by Gasteiger charge is -2.15. The molecule has 3 rings (SSSR count). The van der Waals surface area contributed by atoms with Crippen LogP contribution in [-0.4, -0.2) is 9.55 Å². The molecule has 21 heavy (non-hydrogen) atoms. The van der Waals surface area contributed by atoms with Gasteiger partial charge < -0.3 is 9.55 Å². The van der Waals surface area contributed by atoms with E-state index in [1.54, 1.807) is 11.3 Å². The monoisotopic (exact) mass is 356 g/mol. The molecule has 0 bridgehead atoms. The largest absolute Gasteiger partial charge is 0.331 e. The van der Waals surface area contributed by atoms with Crippen LogP contribution in [0, 0.1) is 18.6 Å². The second-order valence-corrected chi connectivity index (χ2v) is 7.79. The van der Waals surface area contributed by atoms with E-state index in [9.17, 15) is 0 Å². The predicted molar refractivity (Wildman–Crippen MR) is 94.7 cm³/mol. The number of H-pyrrole nitrogens is 1. The number of nitrogens with one attached hydrogen (secondary N) is 1. The van der Waals surface area contributed by atoms with Crippen molar-refractivity contribution in [2.45, 2.75) is 26.8 Å². The standard InChI is InChI=1S/C15H14Cl2N2S2/c1-7-4-10(9(3)21-7)8(2)19-14-6-12(17)11(16)5-13(14)18-15(19)20/h4-6,8H,1-3H3,(H,18,20). The summed E-state index contributed by atoms with van der Waals surface area (Å²) in [4.78, 5) is 5.83. The molecule has 1 unspecified atom stereocenters. The van der Waals surface area contributed by atoms with Gasteiger partial charge in [-0.05, 0) is 56.8 Å². The Labute approximate surface area is 142 Å². The highest BCUT2D eigenvalue weighted by atomic mass is 35.5. The normalized spacial score (nSPS) is 13.0. The van der Waals surface area contributed by atoms with E-state index in [-0.39, 0.29) is 6.04 Å². The molecule has 2 nitrogen and oxygen atoms in total. The minimum atomic E-state index is 0.147. The molecule has 0 saturated carbocycles. The molecule has 6 heteroatoms. The van der Waals surface area contributed by atoms with Crippen LogP contribution in [0.3, 0.4) is 0 Å². The second kappa shape index (κ2) is 5.43. The van der Waals surface area contributed by atoms with Gasteiger partial charge in [0.2, 0.25) is 0 Å². The van der Waals surface area contributed by atoms with E-state index in [1.807, 2.05) is 12.1 Å². The van der Waals surface area contributed by atoms with Crippen LogP contribution in [-0.2, 0) is 0 Å². The molecule has 0 aliphatic carbocycles. The molecule has 1 atom stereocenters. The maximum Gasteiger partial charge on any atom is 0.178 e. The number of aromatic amines is 1. The third-order valence-corrected chi connectivity index (χ3v) is 5.68. The summed E-state index contributed by atoms with van der Waals surface area (Å²) in [6.45, 7) is 6.42. The van der Waals surface area contributed by atoms with Gasteiger partial charge in [-0.2, -0.15) is 0 Å². The highest BCUT2D eigenvalue weighted by Gasteiger charge is 2.17. The zero-order chi connectivity index (χ0) is 15.3. The summed E-state index contributed by atoms with van der Waals surface area (Å²) >= 11 is 19.5. The minimum absolute atomic E-state index is 0.147. The van der Waals surface area contributed by atoms with Crippen LogP contribution in [0.5, 0.6) is 0 Å². The van der Waals surface area contributed by atoms with Crippen molar-refractivity contribution < 1.29 is 0 Å². The molecule has 0 aliphatic heterocycles. The highest BCUT2D eigenvalue weighted by molar-refractivity contribution is 7.71. The van der Waals surface area contributed by atoms with Gasteiger partial charge in [0.1, 0.15) is 0 Å². The second-order valence-electron chi connectivity index (χ2n) is 5.13. The first kappa shape index (κ1) is 15.1. The first-order valence-electron chi connectivity index (χ1n) is 6.54. The Balaban J connectivity index is 2.24. The van der Waals surface area contributed by atoms with Crippen molar-refractivity contribution in [2.24, 2.45) is 0 Å². The lowest BCUT2D eigenvalue weighted by molar-refractivity contribution is 0.648. The van der Waals surface area contributed by atoms with Gasteiger partial charge in [0.05, 0.1) is 27.1 Å². The van der Waals surface area contributed by atoms with Gasteiger partial charge in [0.15, 0.2) is 4.77 Å². The van der Waals surface area contributed by atoms with Crippen LogP contribution in [0.25, 0.3) is 11.0 Å². The van der Waals surface area contributed by atoms with Gasteiger partial charge in [0.25, 0.3) is 0 Å². The van der Waals surface area contributed by atoms with Crippen molar-refractivity contribution in [2.75, 3.05) is 0 Å². The SMILES string of the molecule is Cc1cc(C(C)n2c(=S)[nH]c3cc(Cl)c(Cl)cc32)c(C)s1. The van der Waals surface area contributed by atoms with Crippen LogP contribution >= 0.6 is 46.8 Å². The van der Waals surface area contributed by atoms with E-state index in [0.717, 1.165) is 11.0 Å². The van der Waals surface area contributed by atoms with Crippen molar-refractivity contribution in [1.29, 1.82) is 0 Å². The topological polar surface area (TPSA) is 20.7 Å². The summed E-state index contributed by atoms with van der Waals surface area (Å²) in [5.74, 6) is 0. The molecule has 0 spiro atoms. The van der Waals surface area contributed by atoms with Gasteiger partial charge in [-0.15, -0.1) is 11.3 Å². The molecule has 110 valence electrons. The van der Waals surface area contributed by atoms with E-state index >= 15 is 0 Å². The van der Waals surface area contributed by atoms with E-state index < -0.39 is 0 Å². The molecule has 2 heterocycles. The molecular formula is C15H14Cl2N2S2. The van der Waals surface area contributed by atoms with E-state index in [0.29, 0.717) is 14.8 Å². The van der Waals surface area contributed by atoms with Gasteiger partial charge in [0, 0.05) is 9.75 Å². The molecule has 2 aromatic heterocycles. The number of halogens is 2. The van der Waals surface area contributed by atoms with Crippen molar-refractivity contribution in [1.82, 2.24) is 9.55 Å².